The molecule has 0 spiro atoms. The number of nitrogens with one attached hydrogen (secondary N) is 2. The molecule has 1 rings (SSSR count). The van der Waals surface area contributed by atoms with E-state index in [1.807, 2.05) is 14.1 Å². The van der Waals surface area contributed by atoms with Crippen molar-refractivity contribution < 1.29 is 14.3 Å². The first-order valence-electron chi connectivity index (χ1n) is 6.55. The number of benzene rings is 1. The van der Waals surface area contributed by atoms with Gasteiger partial charge in [-0.25, -0.2) is 0 Å². The molecule has 1 aromatic carbocycles. The van der Waals surface area contributed by atoms with Crippen molar-refractivity contribution >= 4 is 35.8 Å². The number of hydrazine groups is 1. The van der Waals surface area contributed by atoms with Crippen LogP contribution in [0.3, 0.4) is 0 Å². The van der Waals surface area contributed by atoms with Crippen LogP contribution in [0.4, 0.5) is 0 Å². The summed E-state index contributed by atoms with van der Waals surface area (Å²) >= 11 is 5.30. The molecule has 0 heterocycles. The zero-order valence-electron chi connectivity index (χ0n) is 12.6. The number of rotatable bonds is 7. The molecule has 2 N–H and O–H groups in total. The Balaban J connectivity index is 0.00000441. The van der Waals surface area contributed by atoms with E-state index in [1.165, 1.54) is 0 Å². The molecule has 2 amide bonds. The van der Waals surface area contributed by atoms with Crippen LogP contribution < -0.4 is 15.6 Å². The molecule has 1 aromatic rings. The van der Waals surface area contributed by atoms with Gasteiger partial charge in [0.05, 0.1) is 6.61 Å². The van der Waals surface area contributed by atoms with E-state index in [2.05, 4.69) is 15.8 Å². The SMILES string of the molecule is CN(C)CCCOc1ccc(C(=O)NNC(=O)CCl)cc1.Cl. The second kappa shape index (κ2) is 11.1. The van der Waals surface area contributed by atoms with Crippen molar-refractivity contribution in [2.45, 2.75) is 6.42 Å². The summed E-state index contributed by atoms with van der Waals surface area (Å²) in [6.07, 6.45) is 0.930. The summed E-state index contributed by atoms with van der Waals surface area (Å²) in [4.78, 5) is 24.7. The summed E-state index contributed by atoms with van der Waals surface area (Å²) < 4.78 is 5.56. The van der Waals surface area contributed by atoms with Gasteiger partial charge in [0.25, 0.3) is 11.8 Å². The molecule has 0 atom stereocenters. The molecule has 0 bridgehead atoms. The zero-order chi connectivity index (χ0) is 15.7. The standard InChI is InChI=1S/C14H20ClN3O3.ClH/c1-18(2)8-3-9-21-12-6-4-11(5-7-12)14(20)17-16-13(19)10-15;/h4-7H,3,8-10H2,1-2H3,(H,16,19)(H,17,20);1H. The van der Waals surface area contributed by atoms with Gasteiger partial charge in [0.15, 0.2) is 0 Å². The van der Waals surface area contributed by atoms with Crippen LogP contribution >= 0.6 is 24.0 Å². The van der Waals surface area contributed by atoms with Gasteiger partial charge in [0.1, 0.15) is 11.6 Å². The molecule has 0 aromatic heterocycles. The largest absolute Gasteiger partial charge is 0.494 e. The van der Waals surface area contributed by atoms with Crippen LogP contribution in [-0.4, -0.2) is 49.8 Å². The van der Waals surface area contributed by atoms with E-state index in [0.717, 1.165) is 13.0 Å². The normalized spacial score (nSPS) is 9.82. The Hall–Kier alpha value is -1.50. The fraction of sp³-hybridized carbons (Fsp3) is 0.429. The van der Waals surface area contributed by atoms with Crippen LogP contribution in [-0.2, 0) is 4.79 Å². The first-order chi connectivity index (χ1) is 10.0. The van der Waals surface area contributed by atoms with E-state index in [1.54, 1.807) is 24.3 Å². The highest BCUT2D eigenvalue weighted by atomic mass is 35.5. The molecule has 0 aliphatic heterocycles. The molecule has 22 heavy (non-hydrogen) atoms. The number of hydrogen-bond acceptors (Lipinski definition) is 4. The monoisotopic (exact) mass is 349 g/mol. The van der Waals surface area contributed by atoms with Gasteiger partial charge in [-0.1, -0.05) is 0 Å². The summed E-state index contributed by atoms with van der Waals surface area (Å²) in [5.74, 6) is -0.381. The van der Waals surface area contributed by atoms with Crippen LogP contribution in [0.5, 0.6) is 5.75 Å². The van der Waals surface area contributed by atoms with Crippen molar-refractivity contribution in [3.05, 3.63) is 29.8 Å². The molecule has 6 nitrogen and oxygen atoms in total. The van der Waals surface area contributed by atoms with Crippen molar-refractivity contribution in [1.82, 2.24) is 15.8 Å². The minimum absolute atomic E-state index is 0. The van der Waals surface area contributed by atoms with Crippen LogP contribution in [0.2, 0.25) is 0 Å². The molecule has 0 fully saturated rings. The minimum Gasteiger partial charge on any atom is -0.494 e. The van der Waals surface area contributed by atoms with Crippen LogP contribution in [0, 0.1) is 0 Å². The van der Waals surface area contributed by atoms with Crippen molar-refractivity contribution in [2.24, 2.45) is 0 Å². The van der Waals surface area contributed by atoms with E-state index in [9.17, 15) is 9.59 Å². The highest BCUT2D eigenvalue weighted by Crippen LogP contribution is 2.12. The number of alkyl halides is 1. The zero-order valence-corrected chi connectivity index (χ0v) is 14.2. The van der Waals surface area contributed by atoms with Gasteiger partial charge in [-0.2, -0.15) is 0 Å². The van der Waals surface area contributed by atoms with Crippen molar-refractivity contribution in [3.8, 4) is 5.75 Å². The smallest absolute Gasteiger partial charge is 0.269 e. The summed E-state index contributed by atoms with van der Waals surface area (Å²) in [6, 6.07) is 6.69. The molecular weight excluding hydrogens is 329 g/mol. The molecule has 0 radical (unpaired) electrons. The summed E-state index contributed by atoms with van der Waals surface area (Å²) in [7, 11) is 4.02. The van der Waals surface area contributed by atoms with Crippen LogP contribution in [0.25, 0.3) is 0 Å². The third-order valence-electron chi connectivity index (χ3n) is 2.57. The third kappa shape index (κ3) is 8.07. The number of carbonyl (C=O) groups is 2. The number of carbonyl (C=O) groups excluding carboxylic acids is 2. The fourth-order valence-corrected chi connectivity index (χ4v) is 1.57. The van der Waals surface area contributed by atoms with E-state index < -0.39 is 11.8 Å². The van der Waals surface area contributed by atoms with Crippen molar-refractivity contribution in [1.29, 1.82) is 0 Å². The van der Waals surface area contributed by atoms with Gasteiger partial charge in [-0.15, -0.1) is 24.0 Å². The van der Waals surface area contributed by atoms with Crippen molar-refractivity contribution in [3.63, 3.8) is 0 Å². The van der Waals surface area contributed by atoms with Crippen LogP contribution in [0.1, 0.15) is 16.8 Å². The first-order valence-corrected chi connectivity index (χ1v) is 7.09. The molecule has 8 heteroatoms. The second-order valence-corrected chi connectivity index (χ2v) is 4.93. The molecule has 0 saturated heterocycles. The maximum absolute atomic E-state index is 11.7. The Morgan fingerprint density at radius 2 is 1.82 bits per heavy atom. The van der Waals surface area contributed by atoms with Gasteiger partial charge in [0, 0.05) is 12.1 Å². The maximum atomic E-state index is 11.7. The predicted molar refractivity (Wildman–Crippen MR) is 88.7 cm³/mol. The predicted octanol–water partition coefficient (Wildman–Crippen LogP) is 1.44. The third-order valence-corrected chi connectivity index (χ3v) is 2.81. The number of halogens is 2. The van der Waals surface area contributed by atoms with Gasteiger partial charge < -0.3 is 9.64 Å². The Morgan fingerprint density at radius 1 is 1.18 bits per heavy atom. The average molecular weight is 350 g/mol. The van der Waals surface area contributed by atoms with Gasteiger partial charge in [-0.05, 0) is 44.8 Å². The highest BCUT2D eigenvalue weighted by molar-refractivity contribution is 6.27. The lowest BCUT2D eigenvalue weighted by Gasteiger charge is -2.11. The average Bonchev–Trinajstić information content (AvgIpc) is 2.49. The summed E-state index contributed by atoms with van der Waals surface area (Å²) in [5, 5.41) is 0. The van der Waals surface area contributed by atoms with Crippen molar-refractivity contribution in [2.75, 3.05) is 33.1 Å². The summed E-state index contributed by atoms with van der Waals surface area (Å²) in [6.45, 7) is 1.58. The Labute approximate surface area is 141 Å². The number of amides is 2. The maximum Gasteiger partial charge on any atom is 0.269 e. The molecule has 0 unspecified atom stereocenters. The number of ether oxygens (including phenoxy) is 1. The van der Waals surface area contributed by atoms with Crippen LogP contribution in [0.15, 0.2) is 24.3 Å². The molecular formula is C14H21Cl2N3O3. The molecule has 0 saturated carbocycles. The number of hydrogen-bond donors (Lipinski definition) is 2. The summed E-state index contributed by atoms with van der Waals surface area (Å²) in [5.41, 5.74) is 4.88. The molecule has 124 valence electrons. The van der Waals surface area contributed by atoms with E-state index in [-0.39, 0.29) is 18.3 Å². The Kier molecular flexibility index (Phi) is 10.4. The van der Waals surface area contributed by atoms with Gasteiger partial charge in [-0.3, -0.25) is 20.4 Å². The number of nitrogens with zero attached hydrogens (tertiary/aromatic N) is 1. The van der Waals surface area contributed by atoms with Gasteiger partial charge in [0.2, 0.25) is 0 Å². The van der Waals surface area contributed by atoms with E-state index in [4.69, 9.17) is 16.3 Å². The highest BCUT2D eigenvalue weighted by Gasteiger charge is 2.06. The topological polar surface area (TPSA) is 70.7 Å². The molecule has 0 aliphatic carbocycles. The lowest BCUT2D eigenvalue weighted by molar-refractivity contribution is -0.119. The minimum atomic E-state index is -0.467. The fourth-order valence-electron chi connectivity index (χ4n) is 1.51. The Bertz CT molecular complexity index is 467. The lowest BCUT2D eigenvalue weighted by Crippen LogP contribution is -2.42. The Morgan fingerprint density at radius 3 is 2.36 bits per heavy atom. The van der Waals surface area contributed by atoms with E-state index >= 15 is 0 Å². The first kappa shape index (κ1) is 20.5. The van der Waals surface area contributed by atoms with E-state index in [0.29, 0.717) is 17.9 Å². The van der Waals surface area contributed by atoms with Gasteiger partial charge >= 0.3 is 0 Å². The lowest BCUT2D eigenvalue weighted by atomic mass is 10.2. The quantitative estimate of drug-likeness (QED) is 0.444. The molecule has 0 aliphatic rings. The second-order valence-electron chi connectivity index (χ2n) is 4.67.